The van der Waals surface area contributed by atoms with Crippen LogP contribution in [0.2, 0.25) is 5.02 Å². The summed E-state index contributed by atoms with van der Waals surface area (Å²) < 4.78 is 11.1. The molecule has 2 rings (SSSR count). The minimum Gasteiger partial charge on any atom is -0.490 e. The molecule has 0 aliphatic carbocycles. The molecule has 0 spiro atoms. The largest absolute Gasteiger partial charge is 0.490 e. The maximum absolute atomic E-state index is 12.4. The lowest BCUT2D eigenvalue weighted by molar-refractivity contribution is -0.122. The number of hydrogen-bond acceptors (Lipinski definition) is 3. The van der Waals surface area contributed by atoms with E-state index in [1.54, 1.807) is 42.5 Å². The van der Waals surface area contributed by atoms with Gasteiger partial charge in [0.2, 0.25) is 0 Å². The lowest BCUT2D eigenvalue weighted by Crippen LogP contribution is -2.32. The fourth-order valence-corrected chi connectivity index (χ4v) is 2.21. The molecule has 2 aromatic rings. The van der Waals surface area contributed by atoms with Crippen molar-refractivity contribution in [1.29, 1.82) is 0 Å². The summed E-state index contributed by atoms with van der Waals surface area (Å²) in [5.74, 6) is 0.985. The van der Waals surface area contributed by atoms with Gasteiger partial charge in [-0.15, -0.1) is 0 Å². The first-order valence-corrected chi connectivity index (χ1v) is 8.07. The fraction of sp³-hybridized carbons (Fsp3) is 0.211. The first-order chi connectivity index (χ1) is 11.6. The minimum absolute atomic E-state index is 0.225. The second kappa shape index (κ2) is 8.99. The molecular formula is C19H20ClNO3. The van der Waals surface area contributed by atoms with Gasteiger partial charge in [-0.2, -0.15) is 0 Å². The van der Waals surface area contributed by atoms with Crippen LogP contribution in [0.5, 0.6) is 11.5 Å². The number of anilines is 1. The van der Waals surface area contributed by atoms with Crippen LogP contribution < -0.4 is 14.8 Å². The Kier molecular flexibility index (Phi) is 6.70. The standard InChI is InChI=1S/C19H20ClNO3/c1-3-13-23-15-11-9-14(10-12-15)21-19(22)17(4-2)24-18-8-6-5-7-16(18)20/h3,5-12,17H,1,4,13H2,2H3,(H,21,22)/t17-/m1/s1. The first kappa shape index (κ1) is 17.9. The molecule has 0 saturated carbocycles. The normalized spacial score (nSPS) is 11.4. The third kappa shape index (κ3) is 5.03. The number of rotatable bonds is 8. The van der Waals surface area contributed by atoms with Crippen LogP contribution in [0.1, 0.15) is 13.3 Å². The van der Waals surface area contributed by atoms with Gasteiger partial charge in [-0.3, -0.25) is 4.79 Å². The molecule has 1 atom stereocenters. The maximum Gasteiger partial charge on any atom is 0.265 e. The number of para-hydroxylation sites is 1. The summed E-state index contributed by atoms with van der Waals surface area (Å²) in [4.78, 5) is 12.4. The number of amides is 1. The lowest BCUT2D eigenvalue weighted by atomic mass is 10.2. The van der Waals surface area contributed by atoms with E-state index >= 15 is 0 Å². The topological polar surface area (TPSA) is 47.6 Å². The van der Waals surface area contributed by atoms with Gasteiger partial charge in [-0.25, -0.2) is 0 Å². The number of carbonyl (C=O) groups is 1. The highest BCUT2D eigenvalue weighted by Gasteiger charge is 2.19. The molecule has 5 heteroatoms. The van der Waals surface area contributed by atoms with Crippen molar-refractivity contribution < 1.29 is 14.3 Å². The Morgan fingerprint density at radius 3 is 2.58 bits per heavy atom. The van der Waals surface area contributed by atoms with Crippen LogP contribution in [0.25, 0.3) is 0 Å². The van der Waals surface area contributed by atoms with Crippen molar-refractivity contribution in [2.45, 2.75) is 19.4 Å². The van der Waals surface area contributed by atoms with Crippen LogP contribution in [0.3, 0.4) is 0 Å². The Balaban J connectivity index is 1.98. The Morgan fingerprint density at radius 2 is 1.96 bits per heavy atom. The molecule has 24 heavy (non-hydrogen) atoms. The van der Waals surface area contributed by atoms with Crippen molar-refractivity contribution in [3.05, 3.63) is 66.2 Å². The predicted octanol–water partition coefficient (Wildman–Crippen LogP) is 4.70. The summed E-state index contributed by atoms with van der Waals surface area (Å²) in [6.45, 7) is 5.92. The number of nitrogens with one attached hydrogen (secondary N) is 1. The van der Waals surface area contributed by atoms with Crippen LogP contribution in [0.4, 0.5) is 5.69 Å². The molecule has 0 saturated heterocycles. The summed E-state index contributed by atoms with van der Waals surface area (Å²) in [6.07, 6.45) is 1.58. The quantitative estimate of drug-likeness (QED) is 0.705. The summed E-state index contributed by atoms with van der Waals surface area (Å²) in [5, 5.41) is 3.31. The third-order valence-corrected chi connectivity index (χ3v) is 3.57. The molecule has 4 nitrogen and oxygen atoms in total. The number of carbonyl (C=O) groups excluding carboxylic acids is 1. The zero-order chi connectivity index (χ0) is 17.4. The molecular weight excluding hydrogens is 326 g/mol. The van der Waals surface area contributed by atoms with Crippen molar-refractivity contribution in [3.63, 3.8) is 0 Å². The van der Waals surface area contributed by atoms with Gasteiger partial charge < -0.3 is 14.8 Å². The van der Waals surface area contributed by atoms with E-state index in [1.165, 1.54) is 0 Å². The van der Waals surface area contributed by atoms with E-state index in [-0.39, 0.29) is 5.91 Å². The highest BCUT2D eigenvalue weighted by Crippen LogP contribution is 2.25. The van der Waals surface area contributed by atoms with Crippen molar-refractivity contribution in [3.8, 4) is 11.5 Å². The van der Waals surface area contributed by atoms with Crippen molar-refractivity contribution in [2.75, 3.05) is 11.9 Å². The van der Waals surface area contributed by atoms with E-state index in [2.05, 4.69) is 11.9 Å². The summed E-state index contributed by atoms with van der Waals surface area (Å²) in [5.41, 5.74) is 0.673. The van der Waals surface area contributed by atoms with Crippen molar-refractivity contribution in [1.82, 2.24) is 0 Å². The molecule has 0 bridgehead atoms. The van der Waals surface area contributed by atoms with E-state index in [4.69, 9.17) is 21.1 Å². The number of benzene rings is 2. The van der Waals surface area contributed by atoms with Crippen LogP contribution >= 0.6 is 11.6 Å². The molecule has 0 aromatic heterocycles. The molecule has 1 amide bonds. The Bertz CT molecular complexity index is 685. The van der Waals surface area contributed by atoms with Gasteiger partial charge in [0.1, 0.15) is 18.1 Å². The third-order valence-electron chi connectivity index (χ3n) is 3.26. The average molecular weight is 346 g/mol. The van der Waals surface area contributed by atoms with Gasteiger partial charge >= 0.3 is 0 Å². The van der Waals surface area contributed by atoms with Crippen molar-refractivity contribution in [2.24, 2.45) is 0 Å². The minimum atomic E-state index is -0.624. The molecule has 126 valence electrons. The molecule has 0 aliphatic heterocycles. The number of halogens is 1. The average Bonchev–Trinajstić information content (AvgIpc) is 2.60. The summed E-state index contributed by atoms with van der Waals surface area (Å²) in [6, 6.07) is 14.2. The van der Waals surface area contributed by atoms with Crippen molar-refractivity contribution >= 4 is 23.2 Å². The van der Waals surface area contributed by atoms with Gasteiger partial charge in [0.15, 0.2) is 6.10 Å². The maximum atomic E-state index is 12.4. The Hall–Kier alpha value is -2.46. The molecule has 0 radical (unpaired) electrons. The highest BCUT2D eigenvalue weighted by molar-refractivity contribution is 6.32. The van der Waals surface area contributed by atoms with Gasteiger partial charge in [-0.1, -0.05) is 43.3 Å². The predicted molar refractivity (Wildman–Crippen MR) is 96.9 cm³/mol. The zero-order valence-electron chi connectivity index (χ0n) is 13.5. The SMILES string of the molecule is C=CCOc1ccc(NC(=O)[C@@H](CC)Oc2ccccc2Cl)cc1. The van der Waals surface area contributed by atoms with Gasteiger partial charge in [-0.05, 0) is 42.8 Å². The molecule has 0 unspecified atom stereocenters. The van der Waals surface area contributed by atoms with Crippen LogP contribution in [-0.2, 0) is 4.79 Å². The molecule has 0 aliphatic rings. The van der Waals surface area contributed by atoms with E-state index < -0.39 is 6.10 Å². The molecule has 0 heterocycles. The Morgan fingerprint density at radius 1 is 1.25 bits per heavy atom. The van der Waals surface area contributed by atoms with Gasteiger partial charge in [0.25, 0.3) is 5.91 Å². The van der Waals surface area contributed by atoms with E-state index in [9.17, 15) is 4.79 Å². The summed E-state index contributed by atoms with van der Waals surface area (Å²) >= 11 is 6.07. The lowest BCUT2D eigenvalue weighted by Gasteiger charge is -2.18. The second-order valence-electron chi connectivity index (χ2n) is 5.06. The first-order valence-electron chi connectivity index (χ1n) is 7.69. The highest BCUT2D eigenvalue weighted by atomic mass is 35.5. The van der Waals surface area contributed by atoms with E-state index in [0.29, 0.717) is 35.2 Å². The van der Waals surface area contributed by atoms with E-state index in [0.717, 1.165) is 0 Å². The Labute approximate surface area is 147 Å². The zero-order valence-corrected chi connectivity index (χ0v) is 14.3. The number of hydrogen-bond donors (Lipinski definition) is 1. The smallest absolute Gasteiger partial charge is 0.265 e. The molecule has 2 aromatic carbocycles. The second-order valence-corrected chi connectivity index (χ2v) is 5.47. The van der Waals surface area contributed by atoms with E-state index in [1.807, 2.05) is 19.1 Å². The molecule has 1 N–H and O–H groups in total. The van der Waals surface area contributed by atoms with Crippen LogP contribution in [-0.4, -0.2) is 18.6 Å². The van der Waals surface area contributed by atoms with Gasteiger partial charge in [0, 0.05) is 5.69 Å². The van der Waals surface area contributed by atoms with Gasteiger partial charge in [0.05, 0.1) is 5.02 Å². The number of ether oxygens (including phenoxy) is 2. The summed E-state index contributed by atoms with van der Waals surface area (Å²) in [7, 11) is 0. The monoisotopic (exact) mass is 345 g/mol. The fourth-order valence-electron chi connectivity index (χ4n) is 2.03. The molecule has 0 fully saturated rings. The van der Waals surface area contributed by atoms with Crippen LogP contribution in [0.15, 0.2) is 61.2 Å². The van der Waals surface area contributed by atoms with Crippen LogP contribution in [0, 0.1) is 0 Å².